The van der Waals surface area contributed by atoms with Crippen LogP contribution < -0.4 is 0 Å². The van der Waals surface area contributed by atoms with Gasteiger partial charge < -0.3 is 0 Å². The van der Waals surface area contributed by atoms with Gasteiger partial charge in [-0.1, -0.05) is 31.0 Å². The number of likely N-dealkylation sites (tertiary alicyclic amines) is 1. The number of hydrogen-bond donors (Lipinski definition) is 0. The summed E-state index contributed by atoms with van der Waals surface area (Å²) >= 11 is 0. The predicted molar refractivity (Wildman–Crippen MR) is 98.9 cm³/mol. The summed E-state index contributed by atoms with van der Waals surface area (Å²) in [5.74, 6) is -0.343. The van der Waals surface area contributed by atoms with Crippen LogP contribution in [0.2, 0.25) is 0 Å². The van der Waals surface area contributed by atoms with Gasteiger partial charge in [-0.05, 0) is 25.0 Å². The number of imide groups is 1. The van der Waals surface area contributed by atoms with Crippen LogP contribution in [0.15, 0.2) is 35.2 Å². The number of sulfonamides is 1. The molecule has 0 aromatic heterocycles. The lowest BCUT2D eigenvalue weighted by atomic mass is 9.81. The van der Waals surface area contributed by atoms with Crippen LogP contribution in [-0.4, -0.2) is 67.2 Å². The molecule has 3 fully saturated rings. The molecule has 3 aliphatic rings. The molecule has 146 valence electrons. The van der Waals surface area contributed by atoms with Crippen LogP contribution in [-0.2, 0) is 19.6 Å². The first-order valence-electron chi connectivity index (χ1n) is 9.61. The third-order valence-electron chi connectivity index (χ3n) is 5.99. The van der Waals surface area contributed by atoms with Crippen molar-refractivity contribution in [1.82, 2.24) is 14.1 Å². The molecule has 0 N–H and O–H groups in total. The smallest absolute Gasteiger partial charge is 0.243 e. The maximum absolute atomic E-state index is 12.7. The molecule has 1 aromatic rings. The Hall–Kier alpha value is -1.77. The second-order valence-electron chi connectivity index (χ2n) is 7.58. The van der Waals surface area contributed by atoms with E-state index in [9.17, 15) is 18.0 Å². The van der Waals surface area contributed by atoms with Gasteiger partial charge in [0.05, 0.1) is 23.4 Å². The maximum atomic E-state index is 12.7. The molecule has 2 amide bonds. The van der Waals surface area contributed by atoms with Gasteiger partial charge in [-0.25, -0.2) is 8.42 Å². The zero-order valence-electron chi connectivity index (χ0n) is 15.3. The van der Waals surface area contributed by atoms with Gasteiger partial charge in [0.15, 0.2) is 0 Å². The SMILES string of the molecule is O=C1[C@H]2CCCC[C@@H]2C(=O)N1CN1CCN(S(=O)(=O)c2ccccc2)CC1. The molecule has 4 rings (SSSR count). The Morgan fingerprint density at radius 2 is 1.41 bits per heavy atom. The summed E-state index contributed by atoms with van der Waals surface area (Å²) < 4.78 is 26.9. The summed E-state index contributed by atoms with van der Waals surface area (Å²) in [5, 5.41) is 0. The average molecular weight is 391 g/mol. The summed E-state index contributed by atoms with van der Waals surface area (Å²) in [4.78, 5) is 28.9. The molecule has 0 spiro atoms. The molecule has 0 radical (unpaired) electrons. The van der Waals surface area contributed by atoms with E-state index >= 15 is 0 Å². The van der Waals surface area contributed by atoms with Crippen LogP contribution in [0.25, 0.3) is 0 Å². The fourth-order valence-electron chi connectivity index (χ4n) is 4.42. The molecule has 27 heavy (non-hydrogen) atoms. The van der Waals surface area contributed by atoms with E-state index in [4.69, 9.17) is 0 Å². The maximum Gasteiger partial charge on any atom is 0.243 e. The molecule has 1 aromatic carbocycles. The van der Waals surface area contributed by atoms with E-state index in [1.54, 1.807) is 30.3 Å². The number of amides is 2. The number of fused-ring (bicyclic) bond motifs is 1. The normalized spacial score (nSPS) is 27.8. The highest BCUT2D eigenvalue weighted by Crippen LogP contribution is 2.38. The molecule has 2 saturated heterocycles. The molecule has 2 heterocycles. The fourth-order valence-corrected chi connectivity index (χ4v) is 5.87. The molecule has 1 saturated carbocycles. The third kappa shape index (κ3) is 3.41. The highest BCUT2D eigenvalue weighted by Gasteiger charge is 2.48. The monoisotopic (exact) mass is 391 g/mol. The molecular formula is C19H25N3O4S. The number of carbonyl (C=O) groups is 2. The second kappa shape index (κ2) is 7.33. The van der Waals surface area contributed by atoms with Crippen molar-refractivity contribution in [2.24, 2.45) is 11.8 Å². The second-order valence-corrected chi connectivity index (χ2v) is 9.52. The van der Waals surface area contributed by atoms with Gasteiger partial charge in [-0.3, -0.25) is 19.4 Å². The largest absolute Gasteiger partial charge is 0.283 e. The molecule has 2 aliphatic heterocycles. The zero-order valence-corrected chi connectivity index (χ0v) is 16.1. The Morgan fingerprint density at radius 1 is 0.852 bits per heavy atom. The van der Waals surface area contributed by atoms with Crippen LogP contribution in [0.4, 0.5) is 0 Å². The van der Waals surface area contributed by atoms with E-state index < -0.39 is 10.0 Å². The van der Waals surface area contributed by atoms with Gasteiger partial charge in [-0.2, -0.15) is 4.31 Å². The fraction of sp³-hybridized carbons (Fsp3) is 0.579. The van der Waals surface area contributed by atoms with E-state index in [2.05, 4.69) is 0 Å². The number of benzene rings is 1. The van der Waals surface area contributed by atoms with Crippen molar-refractivity contribution in [3.05, 3.63) is 30.3 Å². The van der Waals surface area contributed by atoms with Crippen molar-refractivity contribution < 1.29 is 18.0 Å². The van der Waals surface area contributed by atoms with Crippen molar-refractivity contribution in [3.8, 4) is 0 Å². The highest BCUT2D eigenvalue weighted by molar-refractivity contribution is 7.89. The Labute approximate surface area is 160 Å². The molecule has 2 atom stereocenters. The molecule has 0 unspecified atom stereocenters. The van der Waals surface area contributed by atoms with Crippen molar-refractivity contribution in [2.45, 2.75) is 30.6 Å². The minimum Gasteiger partial charge on any atom is -0.283 e. The quantitative estimate of drug-likeness (QED) is 0.719. The predicted octanol–water partition coefficient (Wildman–Crippen LogP) is 1.13. The number of piperazine rings is 1. The standard InChI is InChI=1S/C19H25N3O4S/c23-18-16-8-4-5-9-17(16)19(24)22(18)14-20-10-12-21(13-11-20)27(25,26)15-6-2-1-3-7-15/h1-3,6-7,16-17H,4-5,8-14H2/t16-,17-/m0/s1. The van der Waals surface area contributed by atoms with Gasteiger partial charge in [0.2, 0.25) is 21.8 Å². The Balaban J connectivity index is 1.37. The number of rotatable bonds is 4. The summed E-state index contributed by atoms with van der Waals surface area (Å²) in [6.07, 6.45) is 3.66. The van der Waals surface area contributed by atoms with Crippen LogP contribution in [0.1, 0.15) is 25.7 Å². The Morgan fingerprint density at radius 3 is 1.96 bits per heavy atom. The summed E-state index contributed by atoms with van der Waals surface area (Å²) in [7, 11) is -3.49. The van der Waals surface area contributed by atoms with Crippen molar-refractivity contribution in [1.29, 1.82) is 0 Å². The molecule has 7 nitrogen and oxygen atoms in total. The van der Waals surface area contributed by atoms with Crippen LogP contribution in [0.3, 0.4) is 0 Å². The van der Waals surface area contributed by atoms with E-state index in [0.29, 0.717) is 31.1 Å². The van der Waals surface area contributed by atoms with Gasteiger partial charge >= 0.3 is 0 Å². The van der Waals surface area contributed by atoms with E-state index in [1.807, 2.05) is 4.90 Å². The minimum atomic E-state index is -3.49. The third-order valence-corrected chi connectivity index (χ3v) is 7.90. The number of hydrogen-bond acceptors (Lipinski definition) is 5. The Bertz CT molecular complexity index is 795. The zero-order chi connectivity index (χ0) is 19.0. The molecular weight excluding hydrogens is 366 g/mol. The minimum absolute atomic E-state index is 0.0379. The van der Waals surface area contributed by atoms with E-state index in [1.165, 1.54) is 9.21 Å². The average Bonchev–Trinajstić information content (AvgIpc) is 2.94. The molecule has 1 aliphatic carbocycles. The van der Waals surface area contributed by atoms with Gasteiger partial charge in [0.25, 0.3) is 0 Å². The van der Waals surface area contributed by atoms with Crippen LogP contribution in [0.5, 0.6) is 0 Å². The summed E-state index contributed by atoms with van der Waals surface area (Å²) in [5.41, 5.74) is 0. The molecule has 0 bridgehead atoms. The van der Waals surface area contributed by atoms with E-state index in [-0.39, 0.29) is 30.3 Å². The summed E-state index contributed by atoms with van der Waals surface area (Å²) in [6.45, 7) is 2.03. The summed E-state index contributed by atoms with van der Waals surface area (Å²) in [6, 6.07) is 8.43. The first kappa shape index (κ1) is 18.6. The lowest BCUT2D eigenvalue weighted by molar-refractivity contribution is -0.142. The van der Waals surface area contributed by atoms with Gasteiger partial charge in [0.1, 0.15) is 0 Å². The van der Waals surface area contributed by atoms with Crippen LogP contribution in [0, 0.1) is 11.8 Å². The topological polar surface area (TPSA) is 78.0 Å². The first-order valence-corrected chi connectivity index (χ1v) is 11.1. The van der Waals surface area contributed by atoms with E-state index in [0.717, 1.165) is 25.7 Å². The Kier molecular flexibility index (Phi) is 5.05. The van der Waals surface area contributed by atoms with Gasteiger partial charge in [-0.15, -0.1) is 0 Å². The lowest BCUT2D eigenvalue weighted by Crippen LogP contribution is -2.52. The first-order chi connectivity index (χ1) is 13.0. The molecule has 8 heteroatoms. The number of nitrogens with zero attached hydrogens (tertiary/aromatic N) is 3. The van der Waals surface area contributed by atoms with Crippen molar-refractivity contribution >= 4 is 21.8 Å². The number of carbonyl (C=O) groups excluding carboxylic acids is 2. The van der Waals surface area contributed by atoms with Crippen molar-refractivity contribution in [3.63, 3.8) is 0 Å². The van der Waals surface area contributed by atoms with Crippen molar-refractivity contribution in [2.75, 3.05) is 32.8 Å². The highest BCUT2D eigenvalue weighted by atomic mass is 32.2. The van der Waals surface area contributed by atoms with Gasteiger partial charge in [0, 0.05) is 26.2 Å². The van der Waals surface area contributed by atoms with Crippen LogP contribution >= 0.6 is 0 Å². The lowest BCUT2D eigenvalue weighted by Gasteiger charge is -2.35.